The number of aromatic carboxylic acids is 1. The number of nitrogens with one attached hydrogen (secondary N) is 1. The SMILES string of the molecule is COc1cc2c(cc1C(=O)O)C(=O)c1c([nH]c3cc(C)ccc13)C2(C)C. The zero-order chi connectivity index (χ0) is 18.8. The molecule has 5 heteroatoms. The Morgan fingerprint density at radius 1 is 1.19 bits per heavy atom. The van der Waals surface area contributed by atoms with Crippen molar-refractivity contribution in [1.82, 2.24) is 4.98 Å². The van der Waals surface area contributed by atoms with Crippen LogP contribution in [0.1, 0.15) is 56.9 Å². The van der Waals surface area contributed by atoms with Crippen LogP contribution < -0.4 is 4.74 Å². The lowest BCUT2D eigenvalue weighted by Gasteiger charge is -2.32. The van der Waals surface area contributed by atoms with E-state index in [2.05, 4.69) is 4.98 Å². The summed E-state index contributed by atoms with van der Waals surface area (Å²) in [6.07, 6.45) is 0. The summed E-state index contributed by atoms with van der Waals surface area (Å²) in [6, 6.07) is 9.06. The van der Waals surface area contributed by atoms with Crippen LogP contribution in [-0.4, -0.2) is 29.0 Å². The first-order chi connectivity index (χ1) is 12.3. The van der Waals surface area contributed by atoms with Crippen molar-refractivity contribution in [3.8, 4) is 5.75 Å². The summed E-state index contributed by atoms with van der Waals surface area (Å²) >= 11 is 0. The number of aromatic nitrogens is 1. The molecule has 3 aromatic rings. The maximum Gasteiger partial charge on any atom is 0.339 e. The number of hydrogen-bond donors (Lipinski definition) is 2. The Balaban J connectivity index is 2.08. The number of hydrogen-bond acceptors (Lipinski definition) is 3. The fourth-order valence-corrected chi connectivity index (χ4v) is 3.91. The number of aromatic amines is 1. The molecule has 0 spiro atoms. The van der Waals surface area contributed by atoms with Crippen LogP contribution >= 0.6 is 0 Å². The minimum absolute atomic E-state index is 0.00506. The average Bonchev–Trinajstić information content (AvgIpc) is 2.98. The molecule has 26 heavy (non-hydrogen) atoms. The van der Waals surface area contributed by atoms with Crippen molar-refractivity contribution in [2.75, 3.05) is 7.11 Å². The van der Waals surface area contributed by atoms with Gasteiger partial charge in [0.25, 0.3) is 0 Å². The van der Waals surface area contributed by atoms with E-state index in [0.29, 0.717) is 11.1 Å². The van der Waals surface area contributed by atoms with Gasteiger partial charge in [-0.2, -0.15) is 0 Å². The highest BCUT2D eigenvalue weighted by atomic mass is 16.5. The molecule has 0 bridgehead atoms. The maximum absolute atomic E-state index is 13.3. The lowest BCUT2D eigenvalue weighted by atomic mass is 9.71. The van der Waals surface area contributed by atoms with E-state index >= 15 is 0 Å². The summed E-state index contributed by atoms with van der Waals surface area (Å²) in [5, 5.41) is 10.3. The molecule has 5 nitrogen and oxygen atoms in total. The first kappa shape index (κ1) is 16.4. The topological polar surface area (TPSA) is 79.4 Å². The summed E-state index contributed by atoms with van der Waals surface area (Å²) in [5.74, 6) is -1.02. The molecule has 0 aliphatic heterocycles. The van der Waals surface area contributed by atoms with E-state index in [1.165, 1.54) is 13.2 Å². The number of carbonyl (C=O) groups is 2. The van der Waals surface area contributed by atoms with Gasteiger partial charge in [0.15, 0.2) is 5.78 Å². The van der Waals surface area contributed by atoms with Gasteiger partial charge in [-0.15, -0.1) is 0 Å². The molecule has 0 saturated heterocycles. The standard InChI is InChI=1S/C21H19NO4/c1-10-5-6-11-15(7-10)22-19-17(11)18(23)12-8-13(20(24)25)16(26-4)9-14(12)21(19,2)3/h5-9,22H,1-4H3,(H,24,25). The highest BCUT2D eigenvalue weighted by molar-refractivity contribution is 6.20. The van der Waals surface area contributed by atoms with Crippen molar-refractivity contribution in [1.29, 1.82) is 0 Å². The number of methoxy groups -OCH3 is 1. The van der Waals surface area contributed by atoms with Crippen molar-refractivity contribution < 1.29 is 19.4 Å². The summed E-state index contributed by atoms with van der Waals surface area (Å²) in [6.45, 7) is 6.06. The van der Waals surface area contributed by atoms with E-state index in [9.17, 15) is 14.7 Å². The van der Waals surface area contributed by atoms with Gasteiger partial charge in [-0.25, -0.2) is 4.79 Å². The second kappa shape index (κ2) is 5.21. The Morgan fingerprint density at radius 3 is 2.58 bits per heavy atom. The first-order valence-electron chi connectivity index (χ1n) is 8.39. The van der Waals surface area contributed by atoms with Gasteiger partial charge in [-0.1, -0.05) is 26.0 Å². The monoisotopic (exact) mass is 349 g/mol. The van der Waals surface area contributed by atoms with E-state index in [1.54, 1.807) is 6.07 Å². The maximum atomic E-state index is 13.3. The number of carboxylic acid groups (broad SMARTS) is 1. The lowest BCUT2D eigenvalue weighted by molar-refractivity contribution is 0.0693. The van der Waals surface area contributed by atoms with Crippen molar-refractivity contribution in [3.63, 3.8) is 0 Å². The first-order valence-corrected chi connectivity index (χ1v) is 8.39. The number of aryl methyl sites for hydroxylation is 1. The third-order valence-corrected chi connectivity index (χ3v) is 5.29. The van der Waals surface area contributed by atoms with Gasteiger partial charge in [0, 0.05) is 27.6 Å². The lowest BCUT2D eigenvalue weighted by Crippen LogP contribution is -2.30. The van der Waals surface area contributed by atoms with Crippen LogP contribution in [0.2, 0.25) is 0 Å². The highest BCUT2D eigenvalue weighted by Crippen LogP contribution is 2.45. The molecule has 0 fully saturated rings. The molecule has 1 aliphatic carbocycles. The summed E-state index contributed by atoms with van der Waals surface area (Å²) in [5.41, 5.74) is 4.18. The predicted octanol–water partition coefficient (Wildman–Crippen LogP) is 4.05. The molecule has 0 radical (unpaired) electrons. The fraction of sp³-hybridized carbons (Fsp3) is 0.238. The average molecular weight is 349 g/mol. The Morgan fingerprint density at radius 2 is 1.92 bits per heavy atom. The number of ketones is 1. The number of fused-ring (bicyclic) bond motifs is 4. The third kappa shape index (κ3) is 2.03. The van der Waals surface area contributed by atoms with Gasteiger partial charge in [-0.05, 0) is 36.2 Å². The van der Waals surface area contributed by atoms with Crippen LogP contribution in [0.15, 0.2) is 30.3 Å². The number of carboxylic acids is 1. The Hall–Kier alpha value is -3.08. The van der Waals surface area contributed by atoms with Gasteiger partial charge in [-0.3, -0.25) is 4.79 Å². The molecule has 2 N–H and O–H groups in total. The van der Waals surface area contributed by atoms with Crippen molar-refractivity contribution >= 4 is 22.7 Å². The summed E-state index contributed by atoms with van der Waals surface area (Å²) < 4.78 is 5.26. The highest BCUT2D eigenvalue weighted by Gasteiger charge is 2.40. The molecule has 0 atom stereocenters. The van der Waals surface area contributed by atoms with Gasteiger partial charge in [0.2, 0.25) is 0 Å². The Bertz CT molecular complexity index is 1100. The molecular weight excluding hydrogens is 330 g/mol. The molecule has 0 amide bonds. The van der Waals surface area contributed by atoms with Gasteiger partial charge >= 0.3 is 5.97 Å². The van der Waals surface area contributed by atoms with Crippen LogP contribution in [0.25, 0.3) is 10.9 Å². The zero-order valence-electron chi connectivity index (χ0n) is 15.1. The van der Waals surface area contributed by atoms with Gasteiger partial charge in [0.1, 0.15) is 11.3 Å². The second-order valence-electron chi connectivity index (χ2n) is 7.28. The summed E-state index contributed by atoms with van der Waals surface area (Å²) in [4.78, 5) is 28.3. The van der Waals surface area contributed by atoms with E-state index in [1.807, 2.05) is 39.0 Å². The molecule has 4 rings (SSSR count). The van der Waals surface area contributed by atoms with Crippen molar-refractivity contribution in [3.05, 3.63) is 63.8 Å². The van der Waals surface area contributed by atoms with Crippen LogP contribution in [0.5, 0.6) is 5.75 Å². The minimum atomic E-state index is -1.12. The van der Waals surface area contributed by atoms with Crippen molar-refractivity contribution in [2.45, 2.75) is 26.2 Å². The van der Waals surface area contributed by atoms with Gasteiger partial charge < -0.3 is 14.8 Å². The van der Waals surface area contributed by atoms with Crippen LogP contribution in [0.4, 0.5) is 0 Å². The van der Waals surface area contributed by atoms with E-state index in [0.717, 1.165) is 27.7 Å². The second-order valence-corrected chi connectivity index (χ2v) is 7.28. The molecule has 1 aliphatic rings. The largest absolute Gasteiger partial charge is 0.496 e. The molecule has 132 valence electrons. The van der Waals surface area contributed by atoms with Gasteiger partial charge in [0.05, 0.1) is 12.7 Å². The Kier molecular flexibility index (Phi) is 3.28. The minimum Gasteiger partial charge on any atom is -0.496 e. The number of carbonyl (C=O) groups excluding carboxylic acids is 1. The molecule has 0 unspecified atom stereocenters. The van der Waals surface area contributed by atoms with Crippen LogP contribution in [0.3, 0.4) is 0 Å². The normalized spacial score (nSPS) is 14.8. The molecular formula is C21H19NO4. The number of ether oxygens (including phenoxy) is 1. The van der Waals surface area contributed by atoms with Crippen molar-refractivity contribution in [2.24, 2.45) is 0 Å². The number of benzene rings is 2. The zero-order valence-corrected chi connectivity index (χ0v) is 15.1. The number of H-pyrrole nitrogens is 1. The summed E-state index contributed by atoms with van der Waals surface area (Å²) in [7, 11) is 1.43. The predicted molar refractivity (Wildman–Crippen MR) is 98.5 cm³/mol. The molecule has 1 aromatic heterocycles. The van der Waals surface area contributed by atoms with E-state index in [-0.39, 0.29) is 17.1 Å². The number of rotatable bonds is 2. The molecule has 1 heterocycles. The quantitative estimate of drug-likeness (QED) is 0.731. The fourth-order valence-electron chi connectivity index (χ4n) is 3.91. The van der Waals surface area contributed by atoms with E-state index < -0.39 is 11.4 Å². The van der Waals surface area contributed by atoms with Crippen LogP contribution in [-0.2, 0) is 5.41 Å². The molecule has 2 aromatic carbocycles. The van der Waals surface area contributed by atoms with Crippen LogP contribution in [0, 0.1) is 6.92 Å². The third-order valence-electron chi connectivity index (χ3n) is 5.29. The smallest absolute Gasteiger partial charge is 0.339 e. The molecule has 0 saturated carbocycles. The Labute approximate surface area is 150 Å². The van der Waals surface area contributed by atoms with E-state index in [4.69, 9.17) is 4.74 Å².